The lowest BCUT2D eigenvalue weighted by Crippen LogP contribution is -2.03. The van der Waals surface area contributed by atoms with Gasteiger partial charge < -0.3 is 5.73 Å². The molecule has 62 valence electrons. The zero-order valence-corrected chi connectivity index (χ0v) is 7.07. The summed E-state index contributed by atoms with van der Waals surface area (Å²) in [4.78, 5) is 7.72. The lowest BCUT2D eigenvalue weighted by molar-refractivity contribution is 0.812. The first-order chi connectivity index (χ1) is 5.65. The molecule has 1 rings (SSSR count). The summed E-state index contributed by atoms with van der Waals surface area (Å²) in [5, 5.41) is 8.69. The topological polar surface area (TPSA) is 75.6 Å². The third-order valence-electron chi connectivity index (χ3n) is 1.50. The van der Waals surface area contributed by atoms with E-state index in [1.165, 1.54) is 6.20 Å². The second-order valence-electron chi connectivity index (χ2n) is 2.79. The predicted molar refractivity (Wildman–Crippen MR) is 45.2 cm³/mol. The molecule has 2 N–H and O–H groups in total. The summed E-state index contributed by atoms with van der Waals surface area (Å²) >= 11 is 0. The highest BCUT2D eigenvalue weighted by Gasteiger charge is 2.08. The number of nitrogens with zero attached hydrogens (tertiary/aromatic N) is 3. The summed E-state index contributed by atoms with van der Waals surface area (Å²) in [7, 11) is 0. The maximum atomic E-state index is 8.69. The van der Waals surface area contributed by atoms with Crippen molar-refractivity contribution in [2.75, 3.05) is 5.73 Å². The van der Waals surface area contributed by atoms with Crippen LogP contribution in [0.15, 0.2) is 6.20 Å². The first kappa shape index (κ1) is 8.47. The average molecular weight is 162 g/mol. The van der Waals surface area contributed by atoms with Crippen LogP contribution in [0, 0.1) is 11.3 Å². The zero-order chi connectivity index (χ0) is 9.14. The van der Waals surface area contributed by atoms with E-state index in [1.54, 1.807) is 0 Å². The predicted octanol–water partition coefficient (Wildman–Crippen LogP) is 1.05. The van der Waals surface area contributed by atoms with E-state index in [0.717, 1.165) is 0 Å². The van der Waals surface area contributed by atoms with E-state index in [2.05, 4.69) is 9.97 Å². The molecular formula is C8H10N4. The molecule has 1 heterocycles. The molecular weight excluding hydrogens is 152 g/mol. The van der Waals surface area contributed by atoms with Gasteiger partial charge in [0, 0.05) is 0 Å². The zero-order valence-electron chi connectivity index (χ0n) is 7.07. The molecule has 0 aliphatic carbocycles. The third-order valence-corrected chi connectivity index (χ3v) is 1.50. The minimum absolute atomic E-state index is 0.199. The normalized spacial score (nSPS) is 9.83. The Labute approximate surface area is 71.1 Å². The Balaban J connectivity index is 3.24. The monoisotopic (exact) mass is 162 g/mol. The van der Waals surface area contributed by atoms with Crippen LogP contribution in [-0.2, 0) is 0 Å². The van der Waals surface area contributed by atoms with Gasteiger partial charge in [-0.3, -0.25) is 0 Å². The van der Waals surface area contributed by atoms with Crippen LogP contribution in [0.4, 0.5) is 5.95 Å². The summed E-state index contributed by atoms with van der Waals surface area (Å²) in [5.41, 5.74) is 6.60. The van der Waals surface area contributed by atoms with Crippen LogP contribution in [0.3, 0.4) is 0 Å². The van der Waals surface area contributed by atoms with Crippen molar-refractivity contribution in [3.05, 3.63) is 17.5 Å². The number of hydrogen-bond donors (Lipinski definition) is 1. The quantitative estimate of drug-likeness (QED) is 0.669. The van der Waals surface area contributed by atoms with E-state index in [0.29, 0.717) is 11.3 Å². The molecule has 4 heteroatoms. The number of nitrogens with two attached hydrogens (primary N) is 1. The van der Waals surface area contributed by atoms with E-state index in [1.807, 2.05) is 19.9 Å². The number of anilines is 1. The number of nitriles is 1. The van der Waals surface area contributed by atoms with Crippen LogP contribution in [0.25, 0.3) is 0 Å². The Hall–Kier alpha value is -1.63. The summed E-state index contributed by atoms with van der Waals surface area (Å²) in [6.45, 7) is 3.92. The minimum Gasteiger partial charge on any atom is -0.368 e. The van der Waals surface area contributed by atoms with Crippen molar-refractivity contribution in [2.24, 2.45) is 0 Å². The van der Waals surface area contributed by atoms with Crippen molar-refractivity contribution >= 4 is 5.95 Å². The van der Waals surface area contributed by atoms with Gasteiger partial charge in [0.1, 0.15) is 6.07 Å². The Morgan fingerprint density at radius 2 is 2.25 bits per heavy atom. The Kier molecular flexibility index (Phi) is 2.24. The summed E-state index contributed by atoms with van der Waals surface area (Å²) in [6.07, 6.45) is 1.46. The third kappa shape index (κ3) is 1.51. The molecule has 0 amide bonds. The first-order valence-electron chi connectivity index (χ1n) is 3.67. The van der Waals surface area contributed by atoms with Crippen molar-refractivity contribution in [3.63, 3.8) is 0 Å². The molecule has 0 fully saturated rings. The fourth-order valence-electron chi connectivity index (χ4n) is 0.936. The van der Waals surface area contributed by atoms with Crippen LogP contribution < -0.4 is 5.73 Å². The van der Waals surface area contributed by atoms with E-state index >= 15 is 0 Å². The van der Waals surface area contributed by atoms with Crippen LogP contribution in [0.2, 0.25) is 0 Å². The van der Waals surface area contributed by atoms with Crippen molar-refractivity contribution in [1.29, 1.82) is 5.26 Å². The standard InChI is InChI=1S/C8H10N4/c1-5(2)7-6(3-9)4-11-8(10)12-7/h4-5H,1-2H3,(H2,10,11,12). The van der Waals surface area contributed by atoms with Gasteiger partial charge in [-0.2, -0.15) is 5.26 Å². The fourth-order valence-corrected chi connectivity index (χ4v) is 0.936. The molecule has 0 saturated carbocycles. The lowest BCUT2D eigenvalue weighted by Gasteiger charge is -2.05. The summed E-state index contributed by atoms with van der Waals surface area (Å²) < 4.78 is 0. The van der Waals surface area contributed by atoms with Gasteiger partial charge in [-0.05, 0) is 5.92 Å². The molecule has 0 atom stereocenters. The molecule has 0 aliphatic heterocycles. The maximum absolute atomic E-state index is 8.69. The van der Waals surface area contributed by atoms with Gasteiger partial charge in [-0.25, -0.2) is 9.97 Å². The second kappa shape index (κ2) is 3.18. The lowest BCUT2D eigenvalue weighted by atomic mass is 10.1. The molecule has 0 unspecified atom stereocenters. The van der Waals surface area contributed by atoms with Crippen LogP contribution in [-0.4, -0.2) is 9.97 Å². The maximum Gasteiger partial charge on any atom is 0.220 e. The Morgan fingerprint density at radius 1 is 1.58 bits per heavy atom. The second-order valence-corrected chi connectivity index (χ2v) is 2.79. The van der Waals surface area contributed by atoms with Crippen molar-refractivity contribution < 1.29 is 0 Å². The van der Waals surface area contributed by atoms with Gasteiger partial charge in [-0.1, -0.05) is 13.8 Å². The van der Waals surface area contributed by atoms with E-state index in [4.69, 9.17) is 11.0 Å². The van der Waals surface area contributed by atoms with Gasteiger partial charge in [-0.15, -0.1) is 0 Å². The fraction of sp³-hybridized carbons (Fsp3) is 0.375. The highest BCUT2D eigenvalue weighted by Crippen LogP contribution is 2.15. The molecule has 12 heavy (non-hydrogen) atoms. The molecule has 4 nitrogen and oxygen atoms in total. The largest absolute Gasteiger partial charge is 0.368 e. The highest BCUT2D eigenvalue weighted by atomic mass is 15.0. The number of rotatable bonds is 1. The molecule has 0 spiro atoms. The average Bonchev–Trinajstić information content (AvgIpc) is 2.04. The van der Waals surface area contributed by atoms with E-state index in [-0.39, 0.29) is 11.9 Å². The molecule has 0 saturated heterocycles. The number of hydrogen-bond acceptors (Lipinski definition) is 4. The minimum atomic E-state index is 0.199. The molecule has 0 aromatic carbocycles. The van der Waals surface area contributed by atoms with Crippen LogP contribution in [0.1, 0.15) is 31.0 Å². The first-order valence-corrected chi connectivity index (χ1v) is 3.67. The van der Waals surface area contributed by atoms with Gasteiger partial charge in [0.25, 0.3) is 0 Å². The van der Waals surface area contributed by atoms with E-state index in [9.17, 15) is 0 Å². The number of nitrogen functional groups attached to an aromatic ring is 1. The molecule has 1 aromatic heterocycles. The van der Waals surface area contributed by atoms with Gasteiger partial charge in [0.15, 0.2) is 0 Å². The van der Waals surface area contributed by atoms with E-state index < -0.39 is 0 Å². The van der Waals surface area contributed by atoms with Crippen molar-refractivity contribution in [2.45, 2.75) is 19.8 Å². The van der Waals surface area contributed by atoms with Gasteiger partial charge in [0.2, 0.25) is 5.95 Å². The summed E-state index contributed by atoms with van der Waals surface area (Å²) in [6, 6.07) is 2.02. The van der Waals surface area contributed by atoms with Crippen LogP contribution >= 0.6 is 0 Å². The van der Waals surface area contributed by atoms with Gasteiger partial charge in [0.05, 0.1) is 17.5 Å². The smallest absolute Gasteiger partial charge is 0.220 e. The molecule has 0 radical (unpaired) electrons. The Bertz CT molecular complexity index is 324. The number of aromatic nitrogens is 2. The van der Waals surface area contributed by atoms with Crippen LogP contribution in [0.5, 0.6) is 0 Å². The summed E-state index contributed by atoms with van der Waals surface area (Å²) in [5.74, 6) is 0.419. The molecule has 1 aromatic rings. The van der Waals surface area contributed by atoms with Crippen molar-refractivity contribution in [3.8, 4) is 6.07 Å². The van der Waals surface area contributed by atoms with Gasteiger partial charge >= 0.3 is 0 Å². The SMILES string of the molecule is CC(C)c1nc(N)ncc1C#N. The Morgan fingerprint density at radius 3 is 2.75 bits per heavy atom. The molecule has 0 bridgehead atoms. The molecule has 0 aliphatic rings. The van der Waals surface area contributed by atoms with Crippen molar-refractivity contribution in [1.82, 2.24) is 9.97 Å². The highest BCUT2D eigenvalue weighted by molar-refractivity contribution is 5.35.